The summed E-state index contributed by atoms with van der Waals surface area (Å²) in [5.74, 6) is -0.195. The Hall–Kier alpha value is -1.20. The minimum absolute atomic E-state index is 0.125. The van der Waals surface area contributed by atoms with E-state index < -0.39 is 11.9 Å². The fourth-order valence-electron chi connectivity index (χ4n) is 1.14. The predicted molar refractivity (Wildman–Crippen MR) is 70.7 cm³/mol. The molecule has 0 saturated carbocycles. The zero-order chi connectivity index (χ0) is 12.7. The minimum Gasteiger partial charge on any atom is -0.308 e. The minimum atomic E-state index is -0.543. The molecule has 4 nitrogen and oxygen atoms in total. The van der Waals surface area contributed by atoms with Gasteiger partial charge in [-0.25, -0.2) is 4.79 Å². The van der Waals surface area contributed by atoms with Crippen molar-refractivity contribution in [3.63, 3.8) is 0 Å². The standard InChI is InChI=1S/C11H13ClN2O2S/c1-17-9-4-2-3-8(7-9)13-11(16)14-10(15)5-6-12/h2-4,7H,5-6H2,1H3,(H2,13,14,15,16). The van der Waals surface area contributed by atoms with E-state index in [1.807, 2.05) is 24.5 Å². The van der Waals surface area contributed by atoms with Gasteiger partial charge in [-0.3, -0.25) is 10.1 Å². The lowest BCUT2D eigenvalue weighted by molar-refractivity contribution is -0.119. The van der Waals surface area contributed by atoms with Gasteiger partial charge in [0.25, 0.3) is 0 Å². The van der Waals surface area contributed by atoms with Crippen LogP contribution in [0.25, 0.3) is 0 Å². The molecule has 0 fully saturated rings. The summed E-state index contributed by atoms with van der Waals surface area (Å²) >= 11 is 6.96. The second-order valence-corrected chi connectivity index (χ2v) is 4.43. The Morgan fingerprint density at radius 2 is 2.18 bits per heavy atom. The first kappa shape index (κ1) is 13.9. The van der Waals surface area contributed by atoms with Crippen LogP contribution in [-0.4, -0.2) is 24.1 Å². The highest BCUT2D eigenvalue weighted by Crippen LogP contribution is 2.18. The lowest BCUT2D eigenvalue weighted by atomic mass is 10.3. The normalized spacial score (nSPS) is 9.76. The fourth-order valence-corrected chi connectivity index (χ4v) is 1.77. The molecule has 1 rings (SSSR count). The average Bonchev–Trinajstić information content (AvgIpc) is 2.29. The Morgan fingerprint density at radius 3 is 2.82 bits per heavy atom. The smallest absolute Gasteiger partial charge is 0.308 e. The molecule has 17 heavy (non-hydrogen) atoms. The maximum absolute atomic E-state index is 11.4. The molecule has 1 aromatic rings. The quantitative estimate of drug-likeness (QED) is 0.654. The summed E-state index contributed by atoms with van der Waals surface area (Å²) < 4.78 is 0. The van der Waals surface area contributed by atoms with Gasteiger partial charge in [0.05, 0.1) is 0 Å². The number of imide groups is 1. The van der Waals surface area contributed by atoms with Crippen LogP contribution in [0.5, 0.6) is 0 Å². The largest absolute Gasteiger partial charge is 0.325 e. The lowest BCUT2D eigenvalue weighted by Crippen LogP contribution is -2.34. The molecule has 0 aliphatic rings. The second kappa shape index (κ2) is 7.19. The van der Waals surface area contributed by atoms with E-state index in [-0.39, 0.29) is 12.3 Å². The van der Waals surface area contributed by atoms with E-state index in [1.54, 1.807) is 17.8 Å². The monoisotopic (exact) mass is 272 g/mol. The summed E-state index contributed by atoms with van der Waals surface area (Å²) in [6.07, 6.45) is 2.07. The number of benzene rings is 1. The predicted octanol–water partition coefficient (Wildman–Crippen LogP) is 2.69. The van der Waals surface area contributed by atoms with Gasteiger partial charge in [0.2, 0.25) is 5.91 Å². The van der Waals surface area contributed by atoms with Gasteiger partial charge in [0, 0.05) is 22.9 Å². The lowest BCUT2D eigenvalue weighted by Gasteiger charge is -2.06. The van der Waals surface area contributed by atoms with Crippen molar-refractivity contribution >= 4 is 41.0 Å². The van der Waals surface area contributed by atoms with Crippen LogP contribution < -0.4 is 10.6 Å². The molecule has 0 saturated heterocycles. The molecule has 0 unspecified atom stereocenters. The summed E-state index contributed by atoms with van der Waals surface area (Å²) in [5.41, 5.74) is 0.646. The number of amides is 3. The molecular weight excluding hydrogens is 260 g/mol. The van der Waals surface area contributed by atoms with Gasteiger partial charge in [-0.15, -0.1) is 23.4 Å². The number of nitrogens with one attached hydrogen (secondary N) is 2. The summed E-state index contributed by atoms with van der Waals surface area (Å²) in [6, 6.07) is 6.81. The molecular formula is C11H13ClN2O2S. The topological polar surface area (TPSA) is 58.2 Å². The number of thioether (sulfide) groups is 1. The van der Waals surface area contributed by atoms with Gasteiger partial charge in [0.15, 0.2) is 0 Å². The SMILES string of the molecule is CSc1cccc(NC(=O)NC(=O)CCCl)c1. The first-order valence-electron chi connectivity index (χ1n) is 4.96. The number of anilines is 1. The zero-order valence-electron chi connectivity index (χ0n) is 9.33. The number of carbonyl (C=O) groups excluding carboxylic acids is 2. The Labute approximate surface area is 109 Å². The van der Waals surface area contributed by atoms with Crippen molar-refractivity contribution in [2.75, 3.05) is 17.5 Å². The third-order valence-electron chi connectivity index (χ3n) is 1.90. The van der Waals surface area contributed by atoms with Crippen LogP contribution in [0.1, 0.15) is 6.42 Å². The molecule has 0 heterocycles. The third-order valence-corrected chi connectivity index (χ3v) is 2.82. The van der Waals surface area contributed by atoms with Crippen molar-refractivity contribution in [1.82, 2.24) is 5.32 Å². The molecule has 2 N–H and O–H groups in total. The highest BCUT2D eigenvalue weighted by atomic mass is 35.5. The van der Waals surface area contributed by atoms with Gasteiger partial charge in [-0.1, -0.05) is 6.07 Å². The number of halogens is 1. The third kappa shape index (κ3) is 5.10. The Morgan fingerprint density at radius 1 is 1.41 bits per heavy atom. The van der Waals surface area contributed by atoms with Crippen LogP contribution in [0.15, 0.2) is 29.2 Å². The average molecular weight is 273 g/mol. The van der Waals surface area contributed by atoms with Crippen molar-refractivity contribution in [2.45, 2.75) is 11.3 Å². The first-order valence-corrected chi connectivity index (χ1v) is 6.72. The van der Waals surface area contributed by atoms with Crippen molar-refractivity contribution in [1.29, 1.82) is 0 Å². The maximum Gasteiger partial charge on any atom is 0.325 e. The molecule has 0 radical (unpaired) electrons. The van der Waals surface area contributed by atoms with E-state index in [9.17, 15) is 9.59 Å². The van der Waals surface area contributed by atoms with Gasteiger partial charge >= 0.3 is 6.03 Å². The van der Waals surface area contributed by atoms with Crippen LogP contribution in [0.3, 0.4) is 0 Å². The molecule has 0 atom stereocenters. The van der Waals surface area contributed by atoms with Crippen molar-refractivity contribution in [3.8, 4) is 0 Å². The molecule has 6 heteroatoms. The van der Waals surface area contributed by atoms with E-state index in [4.69, 9.17) is 11.6 Å². The molecule has 0 spiro atoms. The van der Waals surface area contributed by atoms with E-state index >= 15 is 0 Å². The number of carbonyl (C=O) groups is 2. The number of hydrogen-bond acceptors (Lipinski definition) is 3. The van der Waals surface area contributed by atoms with Crippen molar-refractivity contribution < 1.29 is 9.59 Å². The molecule has 0 aromatic heterocycles. The summed E-state index contributed by atoms with van der Waals surface area (Å²) in [7, 11) is 0. The Balaban J connectivity index is 2.52. The molecule has 0 aliphatic carbocycles. The van der Waals surface area contributed by atoms with Gasteiger partial charge in [-0.05, 0) is 24.5 Å². The van der Waals surface area contributed by atoms with Gasteiger partial charge in [0.1, 0.15) is 0 Å². The highest BCUT2D eigenvalue weighted by Gasteiger charge is 2.07. The van der Waals surface area contributed by atoms with E-state index in [0.717, 1.165) is 4.90 Å². The number of alkyl halides is 1. The van der Waals surface area contributed by atoms with Crippen LogP contribution in [0, 0.1) is 0 Å². The molecule has 1 aromatic carbocycles. The Bertz CT molecular complexity index is 412. The second-order valence-electron chi connectivity index (χ2n) is 3.17. The maximum atomic E-state index is 11.4. The highest BCUT2D eigenvalue weighted by molar-refractivity contribution is 7.98. The summed E-state index contributed by atoms with van der Waals surface area (Å²) in [5, 5.41) is 4.77. The van der Waals surface area contributed by atoms with E-state index in [1.165, 1.54) is 0 Å². The fraction of sp³-hybridized carbons (Fsp3) is 0.273. The van der Waals surface area contributed by atoms with Gasteiger partial charge < -0.3 is 5.32 Å². The first-order chi connectivity index (χ1) is 8.15. The van der Waals surface area contributed by atoms with Crippen LogP contribution in [0.2, 0.25) is 0 Å². The van der Waals surface area contributed by atoms with E-state index in [2.05, 4.69) is 10.6 Å². The van der Waals surface area contributed by atoms with Crippen molar-refractivity contribution in [2.24, 2.45) is 0 Å². The van der Waals surface area contributed by atoms with E-state index in [0.29, 0.717) is 5.69 Å². The van der Waals surface area contributed by atoms with Crippen molar-refractivity contribution in [3.05, 3.63) is 24.3 Å². The summed E-state index contributed by atoms with van der Waals surface area (Å²) in [6.45, 7) is 0. The molecule has 92 valence electrons. The molecule has 3 amide bonds. The molecule has 0 aliphatic heterocycles. The number of urea groups is 1. The van der Waals surface area contributed by atoms with Crippen LogP contribution in [-0.2, 0) is 4.79 Å². The molecule has 0 bridgehead atoms. The van der Waals surface area contributed by atoms with Gasteiger partial charge in [-0.2, -0.15) is 0 Å². The Kier molecular flexibility index (Phi) is 5.86. The van der Waals surface area contributed by atoms with Crippen LogP contribution >= 0.6 is 23.4 Å². The van der Waals surface area contributed by atoms with Crippen LogP contribution in [0.4, 0.5) is 10.5 Å². The summed E-state index contributed by atoms with van der Waals surface area (Å²) in [4.78, 5) is 23.5. The number of hydrogen-bond donors (Lipinski definition) is 2. The number of rotatable bonds is 4. The zero-order valence-corrected chi connectivity index (χ0v) is 10.9.